The molecule has 0 aromatic carbocycles. The third-order valence-corrected chi connectivity index (χ3v) is 1.70. The van der Waals surface area contributed by atoms with Gasteiger partial charge in [-0.15, -0.1) is 0 Å². The van der Waals surface area contributed by atoms with Crippen molar-refractivity contribution < 1.29 is 23.0 Å². The molecule has 5 heteroatoms. The number of halogens is 3. The molecule has 1 unspecified atom stereocenters. The summed E-state index contributed by atoms with van der Waals surface area (Å²) in [5.41, 5.74) is 0. The van der Waals surface area contributed by atoms with Crippen LogP contribution in [0.25, 0.3) is 0 Å². The van der Waals surface area contributed by atoms with E-state index in [1.165, 1.54) is 0 Å². The van der Waals surface area contributed by atoms with Crippen molar-refractivity contribution in [2.75, 3.05) is 13.7 Å². The van der Waals surface area contributed by atoms with Crippen LogP contribution in [0, 0.1) is 0 Å². The topological polar surface area (TPSA) is 29.5 Å². The number of alkyl halides is 3. The van der Waals surface area contributed by atoms with Crippen LogP contribution in [0.1, 0.15) is 25.7 Å². The predicted octanol–water partition coefficient (Wildman–Crippen LogP) is 2.12. The molecule has 80 valence electrons. The molecule has 0 saturated heterocycles. The molecule has 0 aliphatic carbocycles. The molecule has 0 radical (unpaired) electrons. The minimum atomic E-state index is -4.47. The van der Waals surface area contributed by atoms with Crippen LogP contribution in [0.5, 0.6) is 0 Å². The van der Waals surface area contributed by atoms with Gasteiger partial charge in [-0.25, -0.2) is 0 Å². The van der Waals surface area contributed by atoms with Crippen LogP contribution >= 0.6 is 0 Å². The molecule has 0 aromatic heterocycles. The normalized spacial score (nSPS) is 14.5. The quantitative estimate of drug-likeness (QED) is 0.665. The minimum absolute atomic E-state index is 0.215. The van der Waals surface area contributed by atoms with E-state index in [4.69, 9.17) is 9.84 Å². The Balaban J connectivity index is 3.32. The van der Waals surface area contributed by atoms with Crippen LogP contribution in [0.4, 0.5) is 13.2 Å². The van der Waals surface area contributed by atoms with Crippen LogP contribution in [-0.2, 0) is 4.74 Å². The molecule has 0 saturated carbocycles. The summed E-state index contributed by atoms with van der Waals surface area (Å²) in [6, 6.07) is 0. The van der Waals surface area contributed by atoms with Gasteiger partial charge in [-0.1, -0.05) is 12.8 Å². The summed E-state index contributed by atoms with van der Waals surface area (Å²) in [7, 11) is 1.55. The molecular weight excluding hydrogens is 185 g/mol. The van der Waals surface area contributed by atoms with E-state index in [1.54, 1.807) is 7.11 Å². The van der Waals surface area contributed by atoms with E-state index in [2.05, 4.69) is 0 Å². The fraction of sp³-hybridized carbons (Fsp3) is 1.00. The van der Waals surface area contributed by atoms with Crippen LogP contribution < -0.4 is 0 Å². The molecule has 0 bridgehead atoms. The van der Waals surface area contributed by atoms with Crippen LogP contribution in [0.3, 0.4) is 0 Å². The molecule has 1 N–H and O–H groups in total. The van der Waals surface area contributed by atoms with Crippen molar-refractivity contribution in [2.45, 2.75) is 38.0 Å². The molecule has 2 nitrogen and oxygen atoms in total. The van der Waals surface area contributed by atoms with Crippen molar-refractivity contribution in [1.29, 1.82) is 0 Å². The zero-order valence-corrected chi connectivity index (χ0v) is 7.60. The van der Waals surface area contributed by atoms with Crippen molar-refractivity contribution >= 4 is 0 Å². The number of unbranched alkanes of at least 4 members (excludes halogenated alkanes) is 2. The Morgan fingerprint density at radius 3 is 2.31 bits per heavy atom. The lowest BCUT2D eigenvalue weighted by atomic mass is 10.1. The Morgan fingerprint density at radius 2 is 1.85 bits per heavy atom. The van der Waals surface area contributed by atoms with E-state index in [0.29, 0.717) is 19.4 Å². The zero-order chi connectivity index (χ0) is 10.3. The summed E-state index contributed by atoms with van der Waals surface area (Å²) in [5, 5.41) is 8.59. The molecule has 1 atom stereocenters. The maximum atomic E-state index is 11.7. The second kappa shape index (κ2) is 6.21. The van der Waals surface area contributed by atoms with E-state index in [9.17, 15) is 13.2 Å². The summed E-state index contributed by atoms with van der Waals surface area (Å²) in [6.45, 7) is 0.558. The van der Waals surface area contributed by atoms with Gasteiger partial charge >= 0.3 is 6.18 Å². The Labute approximate surface area is 75.7 Å². The fourth-order valence-corrected chi connectivity index (χ4v) is 0.925. The average Bonchev–Trinajstić information content (AvgIpc) is 2.02. The maximum absolute atomic E-state index is 11.7. The van der Waals surface area contributed by atoms with Gasteiger partial charge in [0.25, 0.3) is 0 Å². The molecule has 0 fully saturated rings. The number of hydrogen-bond acceptors (Lipinski definition) is 2. The number of hydrogen-bond donors (Lipinski definition) is 1. The summed E-state index contributed by atoms with van der Waals surface area (Å²) in [5.74, 6) is 0. The molecular formula is C8H15F3O2. The summed E-state index contributed by atoms with van der Waals surface area (Å²) in [6.07, 6.45) is -5.09. The highest BCUT2D eigenvalue weighted by Gasteiger charge is 2.37. The standard InChI is InChI=1S/C8H15F3O2/c1-13-6-4-2-3-5-7(12)8(9,10)11/h7,12H,2-6H2,1H3. The predicted molar refractivity (Wildman–Crippen MR) is 42.4 cm³/mol. The Kier molecular flexibility index (Phi) is 6.07. The highest BCUT2D eigenvalue weighted by molar-refractivity contribution is 4.64. The summed E-state index contributed by atoms with van der Waals surface area (Å²) < 4.78 is 40.0. The molecule has 0 rings (SSSR count). The van der Waals surface area contributed by atoms with Crippen molar-refractivity contribution in [3.8, 4) is 0 Å². The van der Waals surface area contributed by atoms with Gasteiger partial charge in [-0.3, -0.25) is 0 Å². The van der Waals surface area contributed by atoms with Gasteiger partial charge in [-0.2, -0.15) is 13.2 Å². The molecule has 0 amide bonds. The van der Waals surface area contributed by atoms with Gasteiger partial charge < -0.3 is 9.84 Å². The van der Waals surface area contributed by atoms with Gasteiger partial charge in [0.2, 0.25) is 0 Å². The third kappa shape index (κ3) is 6.83. The number of rotatable bonds is 6. The van der Waals surface area contributed by atoms with Crippen LogP contribution in [0.2, 0.25) is 0 Å². The molecule has 0 aromatic rings. The monoisotopic (exact) mass is 200 g/mol. The molecule has 0 heterocycles. The van der Waals surface area contributed by atoms with Gasteiger partial charge in [0.1, 0.15) is 6.10 Å². The van der Waals surface area contributed by atoms with E-state index in [0.717, 1.165) is 6.42 Å². The SMILES string of the molecule is COCCCCCC(O)C(F)(F)F. The Hall–Kier alpha value is -0.290. The van der Waals surface area contributed by atoms with Crippen molar-refractivity contribution in [3.63, 3.8) is 0 Å². The lowest BCUT2D eigenvalue weighted by Crippen LogP contribution is -2.28. The van der Waals surface area contributed by atoms with E-state index in [-0.39, 0.29) is 6.42 Å². The van der Waals surface area contributed by atoms with Crippen LogP contribution in [-0.4, -0.2) is 31.1 Å². The van der Waals surface area contributed by atoms with Crippen molar-refractivity contribution in [1.82, 2.24) is 0 Å². The Morgan fingerprint density at radius 1 is 1.23 bits per heavy atom. The third-order valence-electron chi connectivity index (χ3n) is 1.70. The maximum Gasteiger partial charge on any atom is 0.414 e. The first-order chi connectivity index (χ1) is 5.98. The first kappa shape index (κ1) is 12.7. The minimum Gasteiger partial charge on any atom is -0.385 e. The summed E-state index contributed by atoms with van der Waals surface area (Å²) >= 11 is 0. The number of aliphatic hydroxyl groups is 1. The molecule has 0 aliphatic rings. The van der Waals surface area contributed by atoms with Gasteiger partial charge in [0.15, 0.2) is 0 Å². The largest absolute Gasteiger partial charge is 0.414 e. The van der Waals surface area contributed by atoms with Crippen molar-refractivity contribution in [2.24, 2.45) is 0 Å². The van der Waals surface area contributed by atoms with Gasteiger partial charge in [0, 0.05) is 13.7 Å². The Bertz CT molecular complexity index is 125. The zero-order valence-electron chi connectivity index (χ0n) is 7.60. The van der Waals surface area contributed by atoms with E-state index in [1.807, 2.05) is 0 Å². The molecule has 0 spiro atoms. The smallest absolute Gasteiger partial charge is 0.385 e. The van der Waals surface area contributed by atoms with Crippen LogP contribution in [0.15, 0.2) is 0 Å². The number of aliphatic hydroxyl groups excluding tert-OH is 1. The number of ether oxygens (including phenoxy) is 1. The van der Waals surface area contributed by atoms with Gasteiger partial charge in [-0.05, 0) is 12.8 Å². The summed E-state index contributed by atoms with van der Waals surface area (Å²) in [4.78, 5) is 0. The highest BCUT2D eigenvalue weighted by atomic mass is 19.4. The first-order valence-electron chi connectivity index (χ1n) is 4.22. The highest BCUT2D eigenvalue weighted by Crippen LogP contribution is 2.23. The van der Waals surface area contributed by atoms with E-state index >= 15 is 0 Å². The van der Waals surface area contributed by atoms with Gasteiger partial charge in [0.05, 0.1) is 0 Å². The van der Waals surface area contributed by atoms with E-state index < -0.39 is 12.3 Å². The molecule has 0 aliphatic heterocycles. The van der Waals surface area contributed by atoms with Crippen molar-refractivity contribution in [3.05, 3.63) is 0 Å². The number of methoxy groups -OCH3 is 1. The fourth-order valence-electron chi connectivity index (χ4n) is 0.925. The molecule has 13 heavy (non-hydrogen) atoms. The lowest BCUT2D eigenvalue weighted by Gasteiger charge is -2.13. The lowest BCUT2D eigenvalue weighted by molar-refractivity contribution is -0.205. The first-order valence-corrected chi connectivity index (χ1v) is 4.22. The second-order valence-corrected chi connectivity index (χ2v) is 2.90. The second-order valence-electron chi connectivity index (χ2n) is 2.90. The average molecular weight is 200 g/mol.